The van der Waals surface area contributed by atoms with E-state index in [-0.39, 0.29) is 11.6 Å². The molecule has 0 aliphatic carbocycles. The molecule has 8 nitrogen and oxygen atoms in total. The number of nitrogens with one attached hydrogen (secondary N) is 2. The smallest absolute Gasteiger partial charge is 0.156 e. The number of H-pyrrole nitrogens is 1. The average Bonchev–Trinajstić information content (AvgIpc) is 3.19. The fourth-order valence-corrected chi connectivity index (χ4v) is 4.29. The van der Waals surface area contributed by atoms with Crippen LogP contribution in [0.4, 0.5) is 5.82 Å². The topological polar surface area (TPSA) is 103 Å². The first-order valence-corrected chi connectivity index (χ1v) is 9.99. The van der Waals surface area contributed by atoms with Gasteiger partial charge in [0.2, 0.25) is 0 Å². The molecule has 2 aliphatic rings. The lowest BCUT2D eigenvalue weighted by Gasteiger charge is -2.51. The predicted molar refractivity (Wildman–Crippen MR) is 109 cm³/mol. The predicted octanol–water partition coefficient (Wildman–Crippen LogP) is 2.58. The summed E-state index contributed by atoms with van der Waals surface area (Å²) in [4.78, 5) is 19.3. The van der Waals surface area contributed by atoms with Gasteiger partial charge in [0.15, 0.2) is 5.65 Å². The average molecular weight is 389 g/mol. The number of piperidine rings is 1. The molecule has 29 heavy (non-hydrogen) atoms. The van der Waals surface area contributed by atoms with Crippen molar-refractivity contribution in [2.45, 2.75) is 30.8 Å². The molecule has 0 saturated carbocycles. The lowest BCUT2D eigenvalue weighted by atomic mass is 9.88. The molecular formula is C21H23N7O. The van der Waals surface area contributed by atoms with Crippen molar-refractivity contribution in [2.24, 2.45) is 0 Å². The minimum atomic E-state index is -0.118. The van der Waals surface area contributed by atoms with Gasteiger partial charge in [0.25, 0.3) is 0 Å². The van der Waals surface area contributed by atoms with Gasteiger partial charge in [-0.25, -0.2) is 15.0 Å². The highest BCUT2D eigenvalue weighted by Gasteiger charge is 2.45. The van der Waals surface area contributed by atoms with Crippen LogP contribution in [-0.2, 0) is 4.74 Å². The second-order valence-electron chi connectivity index (χ2n) is 7.85. The number of ether oxygens (including phenoxy) is 1. The van der Waals surface area contributed by atoms with Crippen LogP contribution >= 0.6 is 0 Å². The third-order valence-corrected chi connectivity index (χ3v) is 5.93. The van der Waals surface area contributed by atoms with Gasteiger partial charge in [0.1, 0.15) is 11.3 Å². The van der Waals surface area contributed by atoms with Crippen LogP contribution in [0.5, 0.6) is 0 Å². The van der Waals surface area contributed by atoms with Crippen molar-refractivity contribution in [2.75, 3.05) is 31.6 Å². The molecule has 3 aromatic rings. The van der Waals surface area contributed by atoms with Crippen molar-refractivity contribution in [1.29, 1.82) is 5.26 Å². The van der Waals surface area contributed by atoms with Crippen LogP contribution in [0.25, 0.3) is 22.4 Å². The summed E-state index contributed by atoms with van der Waals surface area (Å²) in [6.07, 6.45) is 8.09. The number of anilines is 1. The zero-order valence-electron chi connectivity index (χ0n) is 16.1. The van der Waals surface area contributed by atoms with E-state index in [9.17, 15) is 5.26 Å². The molecule has 2 saturated heterocycles. The van der Waals surface area contributed by atoms with Crippen LogP contribution < -0.4 is 5.32 Å². The van der Waals surface area contributed by atoms with Gasteiger partial charge in [-0.3, -0.25) is 4.90 Å². The molecule has 1 atom stereocenters. The number of aromatic amines is 1. The molecule has 148 valence electrons. The Morgan fingerprint density at radius 3 is 3.10 bits per heavy atom. The molecule has 5 heterocycles. The Kier molecular flexibility index (Phi) is 4.62. The van der Waals surface area contributed by atoms with Crippen molar-refractivity contribution in [3.63, 3.8) is 0 Å². The zero-order valence-corrected chi connectivity index (χ0v) is 16.1. The van der Waals surface area contributed by atoms with Crippen molar-refractivity contribution >= 4 is 17.0 Å². The first-order chi connectivity index (χ1) is 14.3. The van der Waals surface area contributed by atoms with Gasteiger partial charge >= 0.3 is 0 Å². The summed E-state index contributed by atoms with van der Waals surface area (Å²) in [5.41, 5.74) is 3.24. The third kappa shape index (κ3) is 3.33. The van der Waals surface area contributed by atoms with Gasteiger partial charge in [-0.2, -0.15) is 5.26 Å². The molecule has 5 rings (SSSR count). The monoisotopic (exact) mass is 389 g/mol. The molecule has 0 unspecified atom stereocenters. The summed E-state index contributed by atoms with van der Waals surface area (Å²) in [5, 5.41) is 12.9. The normalized spacial score (nSPS) is 21.4. The van der Waals surface area contributed by atoms with E-state index < -0.39 is 0 Å². The maximum Gasteiger partial charge on any atom is 0.156 e. The highest BCUT2D eigenvalue weighted by atomic mass is 16.5. The number of rotatable bonds is 5. The van der Waals surface area contributed by atoms with Gasteiger partial charge < -0.3 is 15.0 Å². The molecular weight excluding hydrogens is 366 g/mol. The van der Waals surface area contributed by atoms with Crippen LogP contribution in [0.1, 0.15) is 19.3 Å². The molecule has 0 amide bonds. The van der Waals surface area contributed by atoms with Crippen LogP contribution in [-0.4, -0.2) is 62.7 Å². The molecule has 0 spiro atoms. The summed E-state index contributed by atoms with van der Waals surface area (Å²) in [6.45, 7) is 3.18. The van der Waals surface area contributed by atoms with E-state index in [2.05, 4.69) is 31.2 Å². The van der Waals surface area contributed by atoms with E-state index in [0.29, 0.717) is 19.6 Å². The number of aromatic nitrogens is 4. The van der Waals surface area contributed by atoms with Crippen LogP contribution in [0.15, 0.2) is 36.8 Å². The zero-order chi connectivity index (χ0) is 19.7. The number of nitrogens with zero attached hydrogens (tertiary/aromatic N) is 5. The maximum absolute atomic E-state index is 9.25. The van der Waals surface area contributed by atoms with Gasteiger partial charge in [-0.1, -0.05) is 0 Å². The Morgan fingerprint density at radius 2 is 2.28 bits per heavy atom. The first kappa shape index (κ1) is 18.0. The number of fused-ring (bicyclic) bond motifs is 1. The summed E-state index contributed by atoms with van der Waals surface area (Å²) in [6, 6.07) is 8.47. The standard InChI is InChI=1S/C21H23N7O/c22-7-6-21(13-29-14-21)28-10-2-3-15(12-28)26-19-16(4-1-8-23-19)18-11-25-20-17(27-18)5-9-24-20/h1,4-5,8-9,11,15H,2-3,6,10,12-14H2,(H,23,26)(H,24,25)/t15-/m0/s1. The number of hydrogen-bond acceptors (Lipinski definition) is 7. The SMILES string of the molecule is N#CCC1(N2CCC[C@H](Nc3ncccc3-c3cnc4[nH]ccc4n3)C2)COC1. The van der Waals surface area contributed by atoms with Crippen LogP contribution in [0.3, 0.4) is 0 Å². The highest BCUT2D eigenvalue weighted by molar-refractivity contribution is 5.78. The Labute approximate surface area is 168 Å². The van der Waals surface area contributed by atoms with Gasteiger partial charge in [0, 0.05) is 30.5 Å². The quantitative estimate of drug-likeness (QED) is 0.691. The highest BCUT2D eigenvalue weighted by Crippen LogP contribution is 2.33. The molecule has 0 aromatic carbocycles. The van der Waals surface area contributed by atoms with E-state index >= 15 is 0 Å². The maximum atomic E-state index is 9.25. The molecule has 0 bridgehead atoms. The fourth-order valence-electron chi connectivity index (χ4n) is 4.29. The van der Waals surface area contributed by atoms with E-state index in [1.807, 2.05) is 24.4 Å². The van der Waals surface area contributed by atoms with E-state index in [1.54, 1.807) is 12.4 Å². The van der Waals surface area contributed by atoms with Crippen molar-refractivity contribution in [1.82, 2.24) is 24.8 Å². The Morgan fingerprint density at radius 1 is 1.34 bits per heavy atom. The van der Waals surface area contributed by atoms with Crippen LogP contribution in [0, 0.1) is 11.3 Å². The molecule has 8 heteroatoms. The minimum Gasteiger partial charge on any atom is -0.377 e. The Hall–Kier alpha value is -3.02. The lowest BCUT2D eigenvalue weighted by molar-refractivity contribution is -0.143. The second kappa shape index (κ2) is 7.43. The molecule has 0 radical (unpaired) electrons. The summed E-state index contributed by atoms with van der Waals surface area (Å²) >= 11 is 0. The fraction of sp³-hybridized carbons (Fsp3) is 0.429. The number of nitriles is 1. The van der Waals surface area contributed by atoms with E-state index in [4.69, 9.17) is 9.72 Å². The summed E-state index contributed by atoms with van der Waals surface area (Å²) in [7, 11) is 0. The van der Waals surface area contributed by atoms with Gasteiger partial charge in [-0.05, 0) is 37.6 Å². The molecule has 2 fully saturated rings. The lowest BCUT2D eigenvalue weighted by Crippen LogP contribution is -2.65. The van der Waals surface area contributed by atoms with E-state index in [0.717, 1.165) is 54.2 Å². The van der Waals surface area contributed by atoms with Gasteiger partial charge in [0.05, 0.1) is 43.1 Å². The van der Waals surface area contributed by atoms with Crippen molar-refractivity contribution in [3.05, 3.63) is 36.8 Å². The Balaban J connectivity index is 1.37. The van der Waals surface area contributed by atoms with Crippen LogP contribution in [0.2, 0.25) is 0 Å². The Bertz CT molecular complexity index is 1050. The van der Waals surface area contributed by atoms with Gasteiger partial charge in [-0.15, -0.1) is 0 Å². The minimum absolute atomic E-state index is 0.118. The number of hydrogen-bond donors (Lipinski definition) is 2. The van der Waals surface area contributed by atoms with E-state index in [1.165, 1.54) is 0 Å². The first-order valence-electron chi connectivity index (χ1n) is 9.99. The molecule has 3 aromatic heterocycles. The summed E-state index contributed by atoms with van der Waals surface area (Å²) < 4.78 is 5.46. The third-order valence-electron chi connectivity index (χ3n) is 5.93. The van der Waals surface area contributed by atoms with Crippen molar-refractivity contribution < 1.29 is 4.74 Å². The van der Waals surface area contributed by atoms with Crippen molar-refractivity contribution in [3.8, 4) is 17.3 Å². The second-order valence-corrected chi connectivity index (χ2v) is 7.85. The molecule has 2 N–H and O–H groups in total. The largest absolute Gasteiger partial charge is 0.377 e. The summed E-state index contributed by atoms with van der Waals surface area (Å²) in [5.74, 6) is 0.822. The number of likely N-dealkylation sites (tertiary alicyclic amines) is 1. The molecule has 2 aliphatic heterocycles. The number of pyridine rings is 1.